The quantitative estimate of drug-likeness (QED) is 0.792. The Bertz CT molecular complexity index is 729. The lowest BCUT2D eigenvalue weighted by atomic mass is 10.1. The van der Waals surface area contributed by atoms with Crippen molar-refractivity contribution in [3.63, 3.8) is 0 Å². The molecule has 4 nitrogen and oxygen atoms in total. The number of aryl methyl sites for hydroxylation is 1. The number of thiophene rings is 1. The van der Waals surface area contributed by atoms with Gasteiger partial charge in [-0.1, -0.05) is 0 Å². The summed E-state index contributed by atoms with van der Waals surface area (Å²) in [6.45, 7) is 5.90. The molecule has 1 fully saturated rings. The molecule has 2 aromatic heterocycles. The highest BCUT2D eigenvalue weighted by molar-refractivity contribution is 7.19. The maximum Gasteiger partial charge on any atom is 0.272 e. The molecule has 0 amide bonds. The molecule has 3 rings (SSSR count). The summed E-state index contributed by atoms with van der Waals surface area (Å²) in [5.41, 5.74) is 1.84. The Morgan fingerprint density at radius 2 is 1.95 bits per heavy atom. The lowest BCUT2D eigenvalue weighted by molar-refractivity contribution is 0.558. The summed E-state index contributed by atoms with van der Waals surface area (Å²) in [5, 5.41) is -0.132. The molecule has 0 aliphatic carbocycles. The smallest absolute Gasteiger partial charge is 0.272 e. The lowest BCUT2D eigenvalue weighted by Crippen LogP contribution is -2.35. The Morgan fingerprint density at radius 3 is 2.57 bits per heavy atom. The van der Waals surface area contributed by atoms with Gasteiger partial charge in [0, 0.05) is 30.6 Å². The molecule has 2 aromatic rings. The molecule has 0 saturated carbocycles. The van der Waals surface area contributed by atoms with Crippen molar-refractivity contribution in [3.8, 4) is 0 Å². The molecule has 1 atom stereocenters. The van der Waals surface area contributed by atoms with Crippen LogP contribution in [0.15, 0.2) is 4.79 Å². The van der Waals surface area contributed by atoms with Gasteiger partial charge in [-0.3, -0.25) is 9.36 Å². The van der Waals surface area contributed by atoms with E-state index in [2.05, 4.69) is 4.90 Å². The Hall–Kier alpha value is -1.07. The topological polar surface area (TPSA) is 38.1 Å². The second kappa shape index (κ2) is 5.61. The van der Waals surface area contributed by atoms with E-state index in [1.807, 2.05) is 20.9 Å². The average molecular weight is 326 g/mol. The van der Waals surface area contributed by atoms with E-state index >= 15 is 0 Å². The molecule has 1 saturated heterocycles. The van der Waals surface area contributed by atoms with Crippen molar-refractivity contribution in [2.45, 2.75) is 38.5 Å². The molecule has 0 aromatic carbocycles. The number of aromatic nitrogens is 2. The highest BCUT2D eigenvalue weighted by atomic mass is 35.5. The third kappa shape index (κ3) is 2.46. The molecule has 21 heavy (non-hydrogen) atoms. The number of hydrogen-bond donors (Lipinski definition) is 0. The zero-order valence-electron chi connectivity index (χ0n) is 12.6. The van der Waals surface area contributed by atoms with Crippen LogP contribution in [0.2, 0.25) is 0 Å². The van der Waals surface area contributed by atoms with Crippen LogP contribution in [0.5, 0.6) is 0 Å². The minimum Gasteiger partial charge on any atom is -0.342 e. The molecular formula is C15H20ClN3OS. The number of nitrogens with zero attached hydrogens (tertiary/aromatic N) is 3. The Labute approximate surface area is 133 Å². The highest BCUT2D eigenvalue weighted by Gasteiger charge is 2.22. The fraction of sp³-hybridized carbons (Fsp3) is 0.600. The second-order valence-corrected chi connectivity index (χ2v) is 7.57. The van der Waals surface area contributed by atoms with Gasteiger partial charge in [-0.2, -0.15) is 0 Å². The first-order valence-electron chi connectivity index (χ1n) is 7.39. The van der Waals surface area contributed by atoms with Crippen molar-refractivity contribution in [3.05, 3.63) is 20.8 Å². The van der Waals surface area contributed by atoms with Gasteiger partial charge in [0.1, 0.15) is 4.70 Å². The zero-order valence-corrected chi connectivity index (χ0v) is 14.2. The van der Waals surface area contributed by atoms with Gasteiger partial charge in [-0.25, -0.2) is 4.98 Å². The maximum absolute atomic E-state index is 12.6. The van der Waals surface area contributed by atoms with Gasteiger partial charge in [-0.15, -0.1) is 22.9 Å². The number of alkyl halides is 1. The van der Waals surface area contributed by atoms with Crippen LogP contribution in [0.25, 0.3) is 10.2 Å². The standard InChI is InChI=1S/C15H20ClN3OS/c1-9(16)11-10(2)21-13-12(11)17-15(18(3)14(13)20)19-7-5-4-6-8-19/h9H,4-8H2,1-3H3. The van der Waals surface area contributed by atoms with Gasteiger partial charge in [0.2, 0.25) is 5.95 Å². The van der Waals surface area contributed by atoms with E-state index in [0.29, 0.717) is 0 Å². The van der Waals surface area contributed by atoms with Crippen molar-refractivity contribution in [2.75, 3.05) is 18.0 Å². The first-order chi connectivity index (χ1) is 10.0. The minimum atomic E-state index is -0.132. The third-order valence-electron chi connectivity index (χ3n) is 4.15. The van der Waals surface area contributed by atoms with Crippen molar-refractivity contribution in [2.24, 2.45) is 7.05 Å². The number of halogens is 1. The van der Waals surface area contributed by atoms with Gasteiger partial charge in [-0.05, 0) is 33.1 Å². The van der Waals surface area contributed by atoms with Crippen molar-refractivity contribution in [1.82, 2.24) is 9.55 Å². The van der Waals surface area contributed by atoms with Gasteiger partial charge >= 0.3 is 0 Å². The summed E-state index contributed by atoms with van der Waals surface area (Å²) >= 11 is 7.81. The normalized spacial score (nSPS) is 17.4. The second-order valence-electron chi connectivity index (χ2n) is 5.69. The van der Waals surface area contributed by atoms with Crippen LogP contribution < -0.4 is 10.5 Å². The van der Waals surface area contributed by atoms with Crippen LogP contribution in [-0.2, 0) is 7.05 Å². The first kappa shape index (κ1) is 14.9. The predicted octanol–water partition coefficient (Wildman–Crippen LogP) is 3.59. The summed E-state index contributed by atoms with van der Waals surface area (Å²) in [4.78, 5) is 20.8. The number of piperidine rings is 1. The minimum absolute atomic E-state index is 0.0391. The Kier molecular flexibility index (Phi) is 3.97. The Morgan fingerprint density at radius 1 is 1.29 bits per heavy atom. The van der Waals surface area contributed by atoms with E-state index < -0.39 is 0 Å². The summed E-state index contributed by atoms with van der Waals surface area (Å²) in [5.74, 6) is 0.781. The zero-order chi connectivity index (χ0) is 15.1. The molecule has 1 aliphatic rings. The van der Waals surface area contributed by atoms with Crippen LogP contribution in [0.1, 0.15) is 42.0 Å². The highest BCUT2D eigenvalue weighted by Crippen LogP contribution is 2.35. The number of anilines is 1. The SMILES string of the molecule is Cc1sc2c(=O)n(C)c(N3CCCCC3)nc2c1C(C)Cl. The maximum atomic E-state index is 12.6. The molecule has 0 bridgehead atoms. The van der Waals surface area contributed by atoms with Gasteiger partial charge < -0.3 is 4.90 Å². The van der Waals surface area contributed by atoms with Gasteiger partial charge in [0.05, 0.1) is 10.9 Å². The average Bonchev–Trinajstić information content (AvgIpc) is 2.80. The van der Waals surface area contributed by atoms with E-state index in [4.69, 9.17) is 16.6 Å². The molecule has 1 aliphatic heterocycles. The predicted molar refractivity (Wildman–Crippen MR) is 89.9 cm³/mol. The van der Waals surface area contributed by atoms with Crippen molar-refractivity contribution in [1.29, 1.82) is 0 Å². The van der Waals surface area contributed by atoms with Crippen LogP contribution in [0, 0.1) is 6.92 Å². The summed E-state index contributed by atoms with van der Waals surface area (Å²) in [6, 6.07) is 0. The van der Waals surface area contributed by atoms with Gasteiger partial charge in [0.25, 0.3) is 5.56 Å². The first-order valence-corrected chi connectivity index (χ1v) is 8.65. The van der Waals surface area contributed by atoms with Crippen molar-refractivity contribution < 1.29 is 0 Å². The number of hydrogen-bond acceptors (Lipinski definition) is 4. The summed E-state index contributed by atoms with van der Waals surface area (Å²) in [6.07, 6.45) is 3.58. The molecule has 0 radical (unpaired) electrons. The molecule has 3 heterocycles. The molecule has 1 unspecified atom stereocenters. The van der Waals surface area contributed by atoms with E-state index in [9.17, 15) is 4.79 Å². The van der Waals surface area contributed by atoms with Crippen LogP contribution in [0.4, 0.5) is 5.95 Å². The van der Waals surface area contributed by atoms with Crippen LogP contribution in [-0.4, -0.2) is 22.6 Å². The fourth-order valence-electron chi connectivity index (χ4n) is 3.06. The van der Waals surface area contributed by atoms with Crippen LogP contribution in [0.3, 0.4) is 0 Å². The molecule has 6 heteroatoms. The molecular weight excluding hydrogens is 306 g/mol. The van der Waals surface area contributed by atoms with Crippen LogP contribution >= 0.6 is 22.9 Å². The molecule has 114 valence electrons. The summed E-state index contributed by atoms with van der Waals surface area (Å²) in [7, 11) is 1.82. The third-order valence-corrected chi connectivity index (χ3v) is 5.47. The fourth-order valence-corrected chi connectivity index (χ4v) is 4.56. The monoisotopic (exact) mass is 325 g/mol. The van der Waals surface area contributed by atoms with E-state index in [-0.39, 0.29) is 10.9 Å². The summed E-state index contributed by atoms with van der Waals surface area (Å²) < 4.78 is 2.41. The van der Waals surface area contributed by atoms with Crippen molar-refractivity contribution >= 4 is 39.1 Å². The van der Waals surface area contributed by atoms with E-state index in [1.54, 1.807) is 4.57 Å². The largest absolute Gasteiger partial charge is 0.342 e. The molecule has 0 N–H and O–H groups in total. The van der Waals surface area contributed by atoms with E-state index in [1.165, 1.54) is 17.8 Å². The van der Waals surface area contributed by atoms with Gasteiger partial charge in [0.15, 0.2) is 0 Å². The lowest BCUT2D eigenvalue weighted by Gasteiger charge is -2.28. The molecule has 0 spiro atoms. The van der Waals surface area contributed by atoms with E-state index in [0.717, 1.165) is 52.5 Å². The number of fused-ring (bicyclic) bond motifs is 1. The number of rotatable bonds is 2. The Balaban J connectivity index is 2.24.